The highest BCUT2D eigenvalue weighted by Crippen LogP contribution is 2.24. The molecule has 0 bridgehead atoms. The van der Waals surface area contributed by atoms with Crippen LogP contribution >= 0.6 is 0 Å². The number of carbonyl (C=O) groups excluding carboxylic acids is 1. The van der Waals surface area contributed by atoms with Crippen molar-refractivity contribution in [3.8, 4) is 11.4 Å². The molecule has 1 aromatic carbocycles. The topological polar surface area (TPSA) is 70.4 Å². The number of benzene rings is 1. The van der Waals surface area contributed by atoms with Crippen molar-refractivity contribution in [2.24, 2.45) is 5.92 Å². The first-order chi connectivity index (χ1) is 12.0. The number of hydrogen-bond acceptors (Lipinski definition) is 4. The molecule has 134 valence electrons. The highest BCUT2D eigenvalue weighted by Gasteiger charge is 2.28. The number of nitrogens with zero attached hydrogens (tertiary/aromatic N) is 3. The monoisotopic (exact) mass is 346 g/mol. The van der Waals surface area contributed by atoms with E-state index in [1.807, 2.05) is 7.05 Å². The Morgan fingerprint density at radius 2 is 2.28 bits per heavy atom. The summed E-state index contributed by atoms with van der Waals surface area (Å²) in [5.74, 6) is -0.356. The highest BCUT2D eigenvalue weighted by atomic mass is 19.1. The molecular weight excluding hydrogens is 323 g/mol. The van der Waals surface area contributed by atoms with Crippen LogP contribution < -0.4 is 5.32 Å². The Kier molecular flexibility index (Phi) is 5.03. The van der Waals surface area contributed by atoms with Crippen LogP contribution in [0.2, 0.25) is 0 Å². The van der Waals surface area contributed by atoms with Crippen molar-refractivity contribution in [1.82, 2.24) is 20.0 Å². The number of nitrogens with one attached hydrogen (secondary N) is 1. The standard InChI is InChI=1S/C18H23FN4O2/c1-12-8-14(19)5-6-15(12)23-11-16(24)17(21-23)18(25)22-7-3-4-13(10-22)9-20-2/h5-6,8,11,13,20,24H,3-4,7,9-10H2,1-2H3. The van der Waals surface area contributed by atoms with Crippen molar-refractivity contribution < 1.29 is 14.3 Å². The van der Waals surface area contributed by atoms with Crippen molar-refractivity contribution in [2.45, 2.75) is 19.8 Å². The molecule has 2 aromatic rings. The Morgan fingerprint density at radius 1 is 1.48 bits per heavy atom. The molecule has 1 aliphatic rings. The lowest BCUT2D eigenvalue weighted by molar-refractivity contribution is 0.0665. The predicted octanol–water partition coefficient (Wildman–Crippen LogP) is 2.10. The molecule has 1 aromatic heterocycles. The minimum absolute atomic E-state index is 0.0360. The Labute approximate surface area is 146 Å². The summed E-state index contributed by atoms with van der Waals surface area (Å²) < 4.78 is 14.7. The average molecular weight is 346 g/mol. The summed E-state index contributed by atoms with van der Waals surface area (Å²) in [5, 5.41) is 17.6. The van der Waals surface area contributed by atoms with E-state index in [1.54, 1.807) is 17.9 Å². The molecule has 0 spiro atoms. The maximum absolute atomic E-state index is 13.3. The molecule has 2 heterocycles. The van der Waals surface area contributed by atoms with E-state index in [1.165, 1.54) is 23.0 Å². The van der Waals surface area contributed by atoms with Gasteiger partial charge < -0.3 is 15.3 Å². The van der Waals surface area contributed by atoms with Crippen molar-refractivity contribution >= 4 is 5.91 Å². The number of carbonyl (C=O) groups is 1. The maximum atomic E-state index is 13.3. The first kappa shape index (κ1) is 17.4. The quantitative estimate of drug-likeness (QED) is 0.889. The van der Waals surface area contributed by atoms with E-state index >= 15 is 0 Å². The van der Waals surface area contributed by atoms with Gasteiger partial charge in [0.1, 0.15) is 5.82 Å². The zero-order valence-corrected chi connectivity index (χ0v) is 14.5. The van der Waals surface area contributed by atoms with Crippen LogP contribution in [-0.2, 0) is 0 Å². The number of aryl methyl sites for hydroxylation is 1. The number of rotatable bonds is 4. The Bertz CT molecular complexity index is 772. The first-order valence-electron chi connectivity index (χ1n) is 8.48. The zero-order valence-electron chi connectivity index (χ0n) is 14.5. The maximum Gasteiger partial charge on any atom is 0.278 e. The van der Waals surface area contributed by atoms with E-state index in [0.29, 0.717) is 30.3 Å². The van der Waals surface area contributed by atoms with Gasteiger partial charge in [-0.2, -0.15) is 5.10 Å². The largest absolute Gasteiger partial charge is 0.504 e. The van der Waals surface area contributed by atoms with Crippen LogP contribution in [0.15, 0.2) is 24.4 Å². The number of likely N-dealkylation sites (tertiary alicyclic amines) is 1. The van der Waals surface area contributed by atoms with Gasteiger partial charge in [0.2, 0.25) is 0 Å². The molecule has 1 fully saturated rings. The van der Waals surface area contributed by atoms with Crippen LogP contribution in [0.3, 0.4) is 0 Å². The molecule has 2 N–H and O–H groups in total. The number of aromatic hydroxyl groups is 1. The van der Waals surface area contributed by atoms with Crippen LogP contribution in [0.25, 0.3) is 5.69 Å². The lowest BCUT2D eigenvalue weighted by Crippen LogP contribution is -2.42. The molecule has 3 rings (SSSR count). The van der Waals surface area contributed by atoms with Gasteiger partial charge >= 0.3 is 0 Å². The lowest BCUT2D eigenvalue weighted by Gasteiger charge is -2.32. The summed E-state index contributed by atoms with van der Waals surface area (Å²) >= 11 is 0. The molecule has 0 saturated carbocycles. The molecule has 7 heteroatoms. The molecular formula is C18H23FN4O2. The van der Waals surface area contributed by atoms with Crippen molar-refractivity contribution in [1.29, 1.82) is 0 Å². The minimum atomic E-state index is -0.335. The van der Waals surface area contributed by atoms with Crippen molar-refractivity contribution in [3.63, 3.8) is 0 Å². The third kappa shape index (κ3) is 3.66. The smallest absolute Gasteiger partial charge is 0.278 e. The van der Waals surface area contributed by atoms with Gasteiger partial charge in [0.05, 0.1) is 11.9 Å². The molecule has 1 atom stereocenters. The summed E-state index contributed by atoms with van der Waals surface area (Å²) in [7, 11) is 1.90. The van der Waals surface area contributed by atoms with E-state index in [4.69, 9.17) is 0 Å². The van der Waals surface area contributed by atoms with Gasteiger partial charge in [0, 0.05) is 13.1 Å². The van der Waals surface area contributed by atoms with E-state index in [-0.39, 0.29) is 23.2 Å². The third-order valence-corrected chi connectivity index (χ3v) is 4.60. The summed E-state index contributed by atoms with van der Waals surface area (Å²) in [6.45, 7) is 3.94. The normalized spacial score (nSPS) is 17.7. The molecule has 25 heavy (non-hydrogen) atoms. The van der Waals surface area contributed by atoms with Crippen molar-refractivity contribution in [3.05, 3.63) is 41.5 Å². The molecule has 1 unspecified atom stereocenters. The average Bonchev–Trinajstić information content (AvgIpc) is 2.96. The van der Waals surface area contributed by atoms with E-state index in [0.717, 1.165) is 19.4 Å². The molecule has 6 nitrogen and oxygen atoms in total. The second-order valence-corrected chi connectivity index (χ2v) is 6.56. The summed E-state index contributed by atoms with van der Waals surface area (Å²) in [5.41, 5.74) is 1.34. The molecule has 0 aliphatic carbocycles. The van der Waals surface area contributed by atoms with Crippen LogP contribution in [0.4, 0.5) is 4.39 Å². The Hall–Kier alpha value is -2.41. The summed E-state index contributed by atoms with van der Waals surface area (Å²) in [6, 6.07) is 4.30. The number of halogens is 1. The lowest BCUT2D eigenvalue weighted by atomic mass is 9.98. The SMILES string of the molecule is CNCC1CCCN(C(=O)c2nn(-c3ccc(F)cc3C)cc2O)C1. The van der Waals surface area contributed by atoms with E-state index < -0.39 is 0 Å². The fraction of sp³-hybridized carbons (Fsp3) is 0.444. The van der Waals surface area contributed by atoms with E-state index in [9.17, 15) is 14.3 Å². The van der Waals surface area contributed by atoms with Gasteiger partial charge in [-0.25, -0.2) is 9.07 Å². The summed E-state index contributed by atoms with van der Waals surface area (Å²) in [6.07, 6.45) is 3.42. The van der Waals surface area contributed by atoms with Crippen LogP contribution in [-0.4, -0.2) is 52.4 Å². The highest BCUT2D eigenvalue weighted by molar-refractivity contribution is 5.95. The second kappa shape index (κ2) is 7.23. The number of aromatic nitrogens is 2. The Balaban J connectivity index is 1.83. The second-order valence-electron chi connectivity index (χ2n) is 6.56. The third-order valence-electron chi connectivity index (χ3n) is 4.60. The number of amides is 1. The summed E-state index contributed by atoms with van der Waals surface area (Å²) in [4.78, 5) is 14.5. The van der Waals surface area contributed by atoms with Crippen LogP contribution in [0.1, 0.15) is 28.9 Å². The zero-order chi connectivity index (χ0) is 18.0. The fourth-order valence-corrected chi connectivity index (χ4v) is 3.37. The molecule has 1 amide bonds. The van der Waals surface area contributed by atoms with Gasteiger partial charge in [0.25, 0.3) is 5.91 Å². The van der Waals surface area contributed by atoms with Crippen LogP contribution in [0.5, 0.6) is 5.75 Å². The predicted molar refractivity (Wildman–Crippen MR) is 92.5 cm³/mol. The van der Waals surface area contributed by atoms with Crippen molar-refractivity contribution in [2.75, 3.05) is 26.7 Å². The molecule has 1 saturated heterocycles. The molecule has 0 radical (unpaired) electrons. The Morgan fingerprint density at radius 3 is 3.00 bits per heavy atom. The number of piperidine rings is 1. The van der Waals surface area contributed by atoms with Crippen LogP contribution in [0, 0.1) is 18.7 Å². The van der Waals surface area contributed by atoms with Gasteiger partial charge in [0.15, 0.2) is 11.4 Å². The van der Waals surface area contributed by atoms with Gasteiger partial charge in [-0.15, -0.1) is 0 Å². The fourth-order valence-electron chi connectivity index (χ4n) is 3.37. The molecule has 1 aliphatic heterocycles. The van der Waals surface area contributed by atoms with Gasteiger partial charge in [-0.05, 0) is 63.0 Å². The van der Waals surface area contributed by atoms with E-state index in [2.05, 4.69) is 10.4 Å². The number of hydrogen-bond donors (Lipinski definition) is 2. The van der Waals surface area contributed by atoms with Gasteiger partial charge in [-0.1, -0.05) is 0 Å². The minimum Gasteiger partial charge on any atom is -0.504 e. The first-order valence-corrected chi connectivity index (χ1v) is 8.48. The van der Waals surface area contributed by atoms with Gasteiger partial charge in [-0.3, -0.25) is 4.79 Å².